The quantitative estimate of drug-likeness (QED) is 0.268. The summed E-state index contributed by atoms with van der Waals surface area (Å²) in [5.41, 5.74) is 2.49. The van der Waals surface area contributed by atoms with Gasteiger partial charge >= 0.3 is 0 Å². The highest BCUT2D eigenvalue weighted by Gasteiger charge is 2.24. The molecule has 8 heteroatoms. The number of hydrogen-bond donors (Lipinski definition) is 3. The lowest BCUT2D eigenvalue weighted by atomic mass is 9.89. The number of H-pyrrole nitrogens is 2. The summed E-state index contributed by atoms with van der Waals surface area (Å²) in [6, 6.07) is 10.1. The van der Waals surface area contributed by atoms with Crippen molar-refractivity contribution in [2.45, 2.75) is 96.9 Å². The average Bonchev–Trinajstić information content (AvgIpc) is 3.66. The lowest BCUT2D eigenvalue weighted by Crippen LogP contribution is -2.43. The van der Waals surface area contributed by atoms with Gasteiger partial charge in [0.1, 0.15) is 11.6 Å². The van der Waals surface area contributed by atoms with E-state index in [9.17, 15) is 4.79 Å². The lowest BCUT2D eigenvalue weighted by molar-refractivity contribution is -0.132. The molecule has 4 rings (SSSR count). The van der Waals surface area contributed by atoms with Gasteiger partial charge in [0.2, 0.25) is 5.91 Å². The number of aryl methyl sites for hydroxylation is 1. The summed E-state index contributed by atoms with van der Waals surface area (Å²) >= 11 is 0. The van der Waals surface area contributed by atoms with E-state index in [1.54, 1.807) is 29.7 Å². The predicted molar refractivity (Wildman–Crippen MR) is 151 cm³/mol. The Kier molecular flexibility index (Phi) is 10.9. The number of carbonyl (C=O) groups is 1. The third-order valence-corrected chi connectivity index (χ3v) is 7.62. The summed E-state index contributed by atoms with van der Waals surface area (Å²) in [5, 5.41) is 3.79. The molecule has 3 N–H and O–H groups in total. The number of hydrogen-bond acceptors (Lipinski definition) is 5. The molecule has 2 aromatic heterocycles. The van der Waals surface area contributed by atoms with Gasteiger partial charge in [-0.25, -0.2) is 9.97 Å². The van der Waals surface area contributed by atoms with Gasteiger partial charge in [-0.15, -0.1) is 0 Å². The summed E-state index contributed by atoms with van der Waals surface area (Å²) in [6.07, 6.45) is 15.8. The highest BCUT2D eigenvalue weighted by atomic mass is 16.2. The first-order chi connectivity index (χ1) is 18.6. The van der Waals surface area contributed by atoms with E-state index >= 15 is 0 Å². The second-order valence-electron chi connectivity index (χ2n) is 10.6. The SMILES string of the molecule is CCCN(CCC)C1CCC(NCc2ccc(CCC(=O)N(Cc3ncc[nH]3)Cc3ncc[nH]3)cc2)CC1. The monoisotopic (exact) mass is 519 g/mol. The van der Waals surface area contributed by atoms with E-state index in [0.29, 0.717) is 25.6 Å². The molecule has 0 atom stereocenters. The summed E-state index contributed by atoms with van der Waals surface area (Å²) in [6.45, 7) is 8.84. The maximum absolute atomic E-state index is 13.1. The maximum Gasteiger partial charge on any atom is 0.223 e. The average molecular weight is 520 g/mol. The number of aromatic nitrogens is 4. The summed E-state index contributed by atoms with van der Waals surface area (Å²) < 4.78 is 0. The normalized spacial score (nSPS) is 17.7. The molecule has 1 aliphatic rings. The molecule has 0 spiro atoms. The van der Waals surface area contributed by atoms with Crippen molar-refractivity contribution in [3.8, 4) is 0 Å². The molecule has 1 amide bonds. The van der Waals surface area contributed by atoms with Gasteiger partial charge in [0.05, 0.1) is 13.1 Å². The Morgan fingerprint density at radius 1 is 0.895 bits per heavy atom. The zero-order chi connectivity index (χ0) is 26.6. The Labute approximate surface area is 227 Å². The Morgan fingerprint density at radius 2 is 1.47 bits per heavy atom. The molecule has 0 radical (unpaired) electrons. The Morgan fingerprint density at radius 3 is 2.00 bits per heavy atom. The van der Waals surface area contributed by atoms with Crippen LogP contribution in [0.25, 0.3) is 0 Å². The molecule has 0 bridgehead atoms. The second-order valence-corrected chi connectivity index (χ2v) is 10.6. The highest BCUT2D eigenvalue weighted by molar-refractivity contribution is 5.76. The van der Waals surface area contributed by atoms with Crippen LogP contribution in [0, 0.1) is 0 Å². The van der Waals surface area contributed by atoms with Gasteiger partial charge in [0.25, 0.3) is 0 Å². The zero-order valence-electron chi connectivity index (χ0n) is 23.2. The first-order valence-electron chi connectivity index (χ1n) is 14.4. The number of rotatable bonds is 15. The minimum absolute atomic E-state index is 0.0931. The maximum atomic E-state index is 13.1. The van der Waals surface area contributed by atoms with Crippen molar-refractivity contribution >= 4 is 5.91 Å². The van der Waals surface area contributed by atoms with Gasteiger partial charge < -0.3 is 25.1 Å². The minimum atomic E-state index is 0.0931. The van der Waals surface area contributed by atoms with Gasteiger partial charge in [-0.3, -0.25) is 4.79 Å². The molecule has 1 aromatic carbocycles. The summed E-state index contributed by atoms with van der Waals surface area (Å²) in [4.78, 5) is 32.3. The molecule has 206 valence electrons. The molecule has 1 aliphatic carbocycles. The van der Waals surface area contributed by atoms with Crippen molar-refractivity contribution in [1.82, 2.24) is 35.1 Å². The topological polar surface area (TPSA) is 92.9 Å². The van der Waals surface area contributed by atoms with Crippen molar-refractivity contribution in [1.29, 1.82) is 0 Å². The number of benzene rings is 1. The van der Waals surface area contributed by atoms with Gasteiger partial charge in [-0.1, -0.05) is 38.1 Å². The largest absolute Gasteiger partial charge is 0.347 e. The first kappa shape index (κ1) is 28.0. The summed E-state index contributed by atoms with van der Waals surface area (Å²) in [5.74, 6) is 1.64. The number of imidazole rings is 2. The Bertz CT molecular complexity index is 999. The van der Waals surface area contributed by atoms with Crippen LogP contribution < -0.4 is 5.32 Å². The Balaban J connectivity index is 1.21. The number of amides is 1. The number of carbonyl (C=O) groups excluding carboxylic acids is 1. The van der Waals surface area contributed by atoms with Crippen LogP contribution in [0.3, 0.4) is 0 Å². The molecular weight excluding hydrogens is 474 g/mol. The van der Waals surface area contributed by atoms with E-state index < -0.39 is 0 Å². The van der Waals surface area contributed by atoms with Crippen molar-refractivity contribution in [3.05, 3.63) is 71.8 Å². The van der Waals surface area contributed by atoms with Crippen LogP contribution in [0.2, 0.25) is 0 Å². The standard InChI is InChI=1S/C30H45N7O/c1-3-19-36(20-4-2)27-12-10-26(11-13-27)35-21-25-7-5-24(6-8-25)9-14-30(38)37(22-28-31-15-16-32-28)23-29-33-17-18-34-29/h5-8,15-18,26-27,35H,3-4,9-14,19-23H2,1-2H3,(H,31,32)(H,33,34). The van der Waals surface area contributed by atoms with E-state index in [2.05, 4.69) is 68.3 Å². The first-order valence-corrected chi connectivity index (χ1v) is 14.4. The minimum Gasteiger partial charge on any atom is -0.347 e. The van der Waals surface area contributed by atoms with Crippen molar-refractivity contribution in [2.75, 3.05) is 13.1 Å². The molecule has 1 saturated carbocycles. The van der Waals surface area contributed by atoms with Crippen LogP contribution in [-0.2, 0) is 30.8 Å². The molecule has 2 heterocycles. The van der Waals surface area contributed by atoms with Crippen LogP contribution in [-0.4, -0.2) is 60.8 Å². The fourth-order valence-corrected chi connectivity index (χ4v) is 5.55. The van der Waals surface area contributed by atoms with Crippen molar-refractivity contribution in [2.24, 2.45) is 0 Å². The van der Waals surface area contributed by atoms with Crippen LogP contribution in [0.5, 0.6) is 0 Å². The molecule has 3 aromatic rings. The second kappa shape index (κ2) is 14.8. The molecule has 0 saturated heterocycles. The van der Waals surface area contributed by atoms with Crippen LogP contribution in [0.1, 0.15) is 81.6 Å². The highest BCUT2D eigenvalue weighted by Crippen LogP contribution is 2.24. The van der Waals surface area contributed by atoms with Crippen LogP contribution >= 0.6 is 0 Å². The van der Waals surface area contributed by atoms with E-state index in [1.165, 1.54) is 62.7 Å². The Hall–Kier alpha value is -2.97. The van der Waals surface area contributed by atoms with Gasteiger partial charge in [-0.2, -0.15) is 0 Å². The summed E-state index contributed by atoms with van der Waals surface area (Å²) in [7, 11) is 0. The smallest absolute Gasteiger partial charge is 0.223 e. The molecular formula is C30H45N7O. The number of aromatic amines is 2. The predicted octanol–water partition coefficient (Wildman–Crippen LogP) is 4.82. The van der Waals surface area contributed by atoms with Crippen LogP contribution in [0.4, 0.5) is 0 Å². The number of nitrogens with zero attached hydrogens (tertiary/aromatic N) is 4. The molecule has 8 nitrogen and oxygen atoms in total. The van der Waals surface area contributed by atoms with Crippen molar-refractivity contribution in [3.63, 3.8) is 0 Å². The fourth-order valence-electron chi connectivity index (χ4n) is 5.55. The lowest BCUT2D eigenvalue weighted by Gasteiger charge is -2.37. The van der Waals surface area contributed by atoms with E-state index in [-0.39, 0.29) is 5.91 Å². The number of nitrogens with one attached hydrogen (secondary N) is 3. The van der Waals surface area contributed by atoms with Crippen molar-refractivity contribution < 1.29 is 4.79 Å². The van der Waals surface area contributed by atoms with E-state index in [1.807, 2.05) is 0 Å². The zero-order valence-corrected chi connectivity index (χ0v) is 23.2. The third kappa shape index (κ3) is 8.53. The van der Waals surface area contributed by atoms with E-state index in [4.69, 9.17) is 0 Å². The fraction of sp³-hybridized carbons (Fsp3) is 0.567. The molecule has 38 heavy (non-hydrogen) atoms. The van der Waals surface area contributed by atoms with Gasteiger partial charge in [-0.05, 0) is 69.2 Å². The van der Waals surface area contributed by atoms with Gasteiger partial charge in [0.15, 0.2) is 0 Å². The third-order valence-electron chi connectivity index (χ3n) is 7.62. The van der Waals surface area contributed by atoms with Crippen LogP contribution in [0.15, 0.2) is 49.1 Å². The molecule has 0 aliphatic heterocycles. The van der Waals surface area contributed by atoms with E-state index in [0.717, 1.165) is 30.7 Å². The molecule has 1 fully saturated rings. The van der Waals surface area contributed by atoms with Gasteiger partial charge in [0, 0.05) is 49.8 Å². The molecule has 0 unspecified atom stereocenters.